The van der Waals surface area contributed by atoms with E-state index in [1.54, 1.807) is 19.1 Å². The highest BCUT2D eigenvalue weighted by Crippen LogP contribution is 2.27. The summed E-state index contributed by atoms with van der Waals surface area (Å²) in [6, 6.07) is 6.03. The topological polar surface area (TPSA) is 85.1 Å². The van der Waals surface area contributed by atoms with E-state index >= 15 is 0 Å². The van der Waals surface area contributed by atoms with Crippen LogP contribution in [0.1, 0.15) is 17.8 Å². The Hall–Kier alpha value is -1.15. The number of thiophene rings is 1. The average Bonchev–Trinajstić information content (AvgIpc) is 2.76. The average molecular weight is 318 g/mol. The lowest BCUT2D eigenvalue weighted by Gasteiger charge is -2.12. The fourth-order valence-corrected chi connectivity index (χ4v) is 3.78. The number of nitrogens with zero attached hydrogens (tertiary/aromatic N) is 1. The summed E-state index contributed by atoms with van der Waals surface area (Å²) in [4.78, 5) is 4.69. The summed E-state index contributed by atoms with van der Waals surface area (Å²) in [5.41, 5.74) is 5.43. The summed E-state index contributed by atoms with van der Waals surface area (Å²) >= 11 is 7.16. The van der Waals surface area contributed by atoms with Crippen molar-refractivity contribution >= 4 is 38.8 Å². The van der Waals surface area contributed by atoms with Crippen LogP contribution in [-0.2, 0) is 10.0 Å². The third kappa shape index (κ3) is 3.44. The molecule has 8 heteroatoms. The van der Waals surface area contributed by atoms with Gasteiger partial charge in [-0.25, -0.2) is 18.1 Å². The number of anilines is 1. The van der Waals surface area contributed by atoms with Crippen molar-refractivity contribution in [3.63, 3.8) is 0 Å². The molecule has 19 heavy (non-hydrogen) atoms. The van der Waals surface area contributed by atoms with Crippen LogP contribution in [0.25, 0.3) is 0 Å². The van der Waals surface area contributed by atoms with Crippen molar-refractivity contribution in [2.75, 3.05) is 5.73 Å². The van der Waals surface area contributed by atoms with Gasteiger partial charge in [-0.3, -0.25) is 0 Å². The highest BCUT2D eigenvalue weighted by molar-refractivity contribution is 7.89. The van der Waals surface area contributed by atoms with E-state index < -0.39 is 10.0 Å². The van der Waals surface area contributed by atoms with Crippen molar-refractivity contribution in [3.8, 4) is 0 Å². The summed E-state index contributed by atoms with van der Waals surface area (Å²) < 4.78 is 27.4. The minimum absolute atomic E-state index is 0.0798. The predicted molar refractivity (Wildman–Crippen MR) is 76.7 cm³/mol. The van der Waals surface area contributed by atoms with E-state index in [2.05, 4.69) is 9.71 Å². The van der Waals surface area contributed by atoms with Crippen molar-refractivity contribution in [2.45, 2.75) is 17.9 Å². The summed E-state index contributed by atoms with van der Waals surface area (Å²) in [5.74, 6) is 0.275. The van der Waals surface area contributed by atoms with E-state index in [0.717, 1.165) is 4.88 Å². The number of pyridine rings is 1. The second kappa shape index (κ2) is 5.46. The van der Waals surface area contributed by atoms with Gasteiger partial charge in [0, 0.05) is 11.1 Å². The van der Waals surface area contributed by atoms with Gasteiger partial charge >= 0.3 is 0 Å². The molecule has 5 nitrogen and oxygen atoms in total. The molecule has 0 aliphatic heterocycles. The van der Waals surface area contributed by atoms with Crippen molar-refractivity contribution in [3.05, 3.63) is 39.7 Å². The van der Waals surface area contributed by atoms with Crippen LogP contribution in [-0.4, -0.2) is 13.4 Å². The van der Waals surface area contributed by atoms with Gasteiger partial charge in [0.25, 0.3) is 0 Å². The standard InChI is InChI=1S/C11H12ClN3O2S2/c1-7(9-3-4-10(12)18-9)15-19(16,17)8-2-5-11(13)14-6-8/h2-7,15H,1H3,(H2,13,14). The van der Waals surface area contributed by atoms with E-state index in [-0.39, 0.29) is 16.8 Å². The Bertz CT molecular complexity index is 668. The fraction of sp³-hybridized carbons (Fsp3) is 0.182. The monoisotopic (exact) mass is 317 g/mol. The number of hydrogen-bond donors (Lipinski definition) is 2. The van der Waals surface area contributed by atoms with Crippen LogP contribution in [0.5, 0.6) is 0 Å². The van der Waals surface area contributed by atoms with E-state index in [9.17, 15) is 8.42 Å². The first kappa shape index (κ1) is 14.3. The number of sulfonamides is 1. The molecule has 2 heterocycles. The second-order valence-electron chi connectivity index (χ2n) is 3.90. The minimum atomic E-state index is -3.62. The maximum absolute atomic E-state index is 12.1. The smallest absolute Gasteiger partial charge is 0.242 e. The van der Waals surface area contributed by atoms with Crippen LogP contribution in [0.3, 0.4) is 0 Å². The van der Waals surface area contributed by atoms with Gasteiger partial charge < -0.3 is 5.73 Å². The zero-order valence-corrected chi connectivity index (χ0v) is 12.4. The fourth-order valence-electron chi connectivity index (χ4n) is 1.47. The largest absolute Gasteiger partial charge is 0.384 e. The molecule has 102 valence electrons. The van der Waals surface area contributed by atoms with Crippen LogP contribution in [0.2, 0.25) is 4.34 Å². The molecule has 0 aliphatic carbocycles. The van der Waals surface area contributed by atoms with Crippen molar-refractivity contribution in [1.82, 2.24) is 9.71 Å². The van der Waals surface area contributed by atoms with E-state index in [4.69, 9.17) is 17.3 Å². The van der Waals surface area contributed by atoms with Gasteiger partial charge in [-0.05, 0) is 31.2 Å². The number of halogens is 1. The van der Waals surface area contributed by atoms with Gasteiger partial charge in [0.05, 0.1) is 10.4 Å². The molecule has 0 saturated carbocycles. The van der Waals surface area contributed by atoms with Crippen molar-refractivity contribution < 1.29 is 8.42 Å². The molecular weight excluding hydrogens is 306 g/mol. The highest BCUT2D eigenvalue weighted by atomic mass is 35.5. The van der Waals surface area contributed by atoms with Crippen LogP contribution in [0.15, 0.2) is 35.4 Å². The maximum atomic E-state index is 12.1. The highest BCUT2D eigenvalue weighted by Gasteiger charge is 2.19. The molecule has 0 fully saturated rings. The van der Waals surface area contributed by atoms with Crippen LogP contribution in [0, 0.1) is 0 Å². The molecule has 1 atom stereocenters. The summed E-state index contributed by atoms with van der Waals surface area (Å²) in [5, 5.41) is 0. The molecule has 1 unspecified atom stereocenters. The lowest BCUT2D eigenvalue weighted by atomic mass is 10.3. The predicted octanol–water partition coefficient (Wildman–Crippen LogP) is 2.42. The number of nitrogens with one attached hydrogen (secondary N) is 1. The Morgan fingerprint density at radius 1 is 1.37 bits per heavy atom. The third-order valence-electron chi connectivity index (χ3n) is 2.42. The Morgan fingerprint density at radius 3 is 2.63 bits per heavy atom. The number of rotatable bonds is 4. The molecule has 0 aromatic carbocycles. The van der Waals surface area contributed by atoms with E-state index in [1.165, 1.54) is 29.7 Å². The Balaban J connectivity index is 2.19. The van der Waals surface area contributed by atoms with Gasteiger partial charge in [-0.15, -0.1) is 11.3 Å². The van der Waals surface area contributed by atoms with Crippen molar-refractivity contribution in [2.24, 2.45) is 0 Å². The molecule has 0 aliphatic rings. The van der Waals surface area contributed by atoms with Crippen molar-refractivity contribution in [1.29, 1.82) is 0 Å². The van der Waals surface area contributed by atoms with E-state index in [1.807, 2.05) is 0 Å². The third-order valence-corrected chi connectivity index (χ3v) is 5.36. The van der Waals surface area contributed by atoms with E-state index in [0.29, 0.717) is 4.34 Å². The molecule has 0 spiro atoms. The molecule has 0 amide bonds. The van der Waals surface area contributed by atoms with Crippen LogP contribution < -0.4 is 10.5 Å². The molecule has 3 N–H and O–H groups in total. The molecule has 0 bridgehead atoms. The Labute approximate surface area is 120 Å². The first-order valence-corrected chi connectivity index (χ1v) is 8.05. The van der Waals surface area contributed by atoms with Crippen LogP contribution in [0.4, 0.5) is 5.82 Å². The summed E-state index contributed by atoms with van der Waals surface area (Å²) in [7, 11) is -3.62. The molecule has 2 rings (SSSR count). The van der Waals surface area contributed by atoms with Gasteiger partial charge in [-0.1, -0.05) is 11.6 Å². The number of nitrogens with two attached hydrogens (primary N) is 1. The molecule has 2 aromatic rings. The quantitative estimate of drug-likeness (QED) is 0.907. The normalized spacial score (nSPS) is 13.4. The zero-order valence-electron chi connectivity index (χ0n) is 10.00. The number of aromatic nitrogens is 1. The molecule has 0 saturated heterocycles. The summed E-state index contributed by atoms with van der Waals surface area (Å²) in [6.45, 7) is 1.75. The molecular formula is C11H12ClN3O2S2. The zero-order chi connectivity index (χ0) is 14.0. The first-order chi connectivity index (χ1) is 8.88. The maximum Gasteiger partial charge on any atom is 0.242 e. The Morgan fingerprint density at radius 2 is 2.11 bits per heavy atom. The molecule has 2 aromatic heterocycles. The first-order valence-electron chi connectivity index (χ1n) is 5.37. The van der Waals surface area contributed by atoms with Gasteiger partial charge in [0.15, 0.2) is 0 Å². The van der Waals surface area contributed by atoms with Crippen LogP contribution >= 0.6 is 22.9 Å². The SMILES string of the molecule is CC(NS(=O)(=O)c1ccc(N)nc1)c1ccc(Cl)s1. The second-order valence-corrected chi connectivity index (χ2v) is 7.36. The summed E-state index contributed by atoms with van der Waals surface area (Å²) in [6.07, 6.45) is 1.23. The Kier molecular flexibility index (Phi) is 4.10. The number of nitrogen functional groups attached to an aromatic ring is 1. The van der Waals surface area contributed by atoms with Gasteiger partial charge in [0.1, 0.15) is 10.7 Å². The minimum Gasteiger partial charge on any atom is -0.384 e. The number of hydrogen-bond acceptors (Lipinski definition) is 5. The lowest BCUT2D eigenvalue weighted by Crippen LogP contribution is -2.26. The lowest BCUT2D eigenvalue weighted by molar-refractivity contribution is 0.568. The molecule has 0 radical (unpaired) electrons. The van der Waals surface area contributed by atoms with Gasteiger partial charge in [-0.2, -0.15) is 0 Å². The van der Waals surface area contributed by atoms with Gasteiger partial charge in [0.2, 0.25) is 10.0 Å².